The molecule has 0 aliphatic carbocycles. The highest BCUT2D eigenvalue weighted by Crippen LogP contribution is 2.44. The molecular weight excluding hydrogens is 1840 g/mol. The Kier molecular flexibility index (Phi) is 29.9. The Bertz CT molecular complexity index is 6600. The van der Waals surface area contributed by atoms with Crippen molar-refractivity contribution in [1.82, 2.24) is 68.9 Å². The number of piperidine rings is 5. The fourth-order valence-electron chi connectivity index (χ4n) is 22.1. The van der Waals surface area contributed by atoms with Crippen molar-refractivity contribution in [2.24, 2.45) is 14.1 Å². The molecular formula is C105H138N22O9S4. The minimum atomic E-state index is -1.09. The SMILES string of the molecule is C.C.Cc1ccc2nc(C3CCN(c4nc5c(c(NC6CCOCC6)n4)S(=O)CC5)CC3)[nH]c2c1.Cc1ccc2nc(C3CCN(c4nc5c(c(N[C@H]6CCC(=O)N(C)C6)n4)S(=O)CC5)CC3)oc2c1.Cn1cc(C2CCN(c3nc4c(c(NC5CCOCC5)n3)S(=O)CC4)CC2)c2cc(C(C)(C)C)ccc21.Cn1cc(C2CCN(c3nc4c(c(NC5CCOCC5)n3)S(=O)CC4)CC2)c2ccccc21. The van der Waals surface area contributed by atoms with Crippen LogP contribution < -0.4 is 40.9 Å². The van der Waals surface area contributed by atoms with E-state index in [0.717, 1.165) is 319 Å². The summed E-state index contributed by atoms with van der Waals surface area (Å²) in [5.41, 5.74) is 17.1. The van der Waals surface area contributed by atoms with Crippen molar-refractivity contribution in [2.75, 3.05) is 169 Å². The number of imidazole rings is 1. The number of hydrogen-bond donors (Lipinski definition) is 5. The Morgan fingerprint density at radius 1 is 0.400 bits per heavy atom. The minimum absolute atomic E-state index is 0. The predicted molar refractivity (Wildman–Crippen MR) is 559 cm³/mol. The lowest BCUT2D eigenvalue weighted by molar-refractivity contribution is -0.132. The first-order chi connectivity index (χ1) is 67.0. The smallest absolute Gasteiger partial charge is 0.227 e. The number of aromatic nitrogens is 13. The first kappa shape index (κ1) is 98.4. The summed E-state index contributed by atoms with van der Waals surface area (Å²) in [6.07, 6.45) is 22.8. The number of para-hydroxylation sites is 1. The second-order valence-corrected chi connectivity index (χ2v) is 46.7. The fraction of sp³-hybridized carbons (Fsp3) is 0.552. The van der Waals surface area contributed by atoms with E-state index < -0.39 is 43.2 Å². The number of amides is 1. The van der Waals surface area contributed by atoms with Gasteiger partial charge < -0.3 is 78.5 Å². The maximum absolute atomic E-state index is 12.8. The van der Waals surface area contributed by atoms with Gasteiger partial charge in [0.05, 0.1) is 77.0 Å². The molecule has 1 amide bonds. The van der Waals surface area contributed by atoms with Gasteiger partial charge in [-0.3, -0.25) is 21.6 Å². The van der Waals surface area contributed by atoms with E-state index in [1.54, 1.807) is 4.90 Å². The van der Waals surface area contributed by atoms with Crippen LogP contribution in [0.1, 0.15) is 224 Å². The van der Waals surface area contributed by atoms with Gasteiger partial charge in [-0.05, 0) is 198 Å². The van der Waals surface area contributed by atoms with Crippen LogP contribution in [0.5, 0.6) is 0 Å². The fourth-order valence-corrected chi connectivity index (χ4v) is 27.3. The second-order valence-electron chi connectivity index (χ2n) is 40.6. The summed E-state index contributed by atoms with van der Waals surface area (Å²) in [5, 5.41) is 17.1. The Morgan fingerprint density at radius 3 is 1.23 bits per heavy atom. The van der Waals surface area contributed by atoms with Crippen LogP contribution in [-0.2, 0) is 107 Å². The molecule has 12 aromatic rings. The van der Waals surface area contributed by atoms with E-state index in [0.29, 0.717) is 90.0 Å². The maximum atomic E-state index is 12.8. The minimum Gasteiger partial charge on any atom is -0.440 e. The highest BCUT2D eigenvalue weighted by atomic mass is 32.2. The number of rotatable bonds is 16. The van der Waals surface area contributed by atoms with Crippen LogP contribution in [0.25, 0.3) is 43.9 Å². The number of hydrogen-bond acceptors (Lipinski definition) is 27. The number of carbonyl (C=O) groups excluding carboxylic acids is 1. The van der Waals surface area contributed by atoms with E-state index in [4.69, 9.17) is 68.5 Å². The number of H-pyrrole nitrogens is 1. The molecule has 4 aromatic carbocycles. The van der Waals surface area contributed by atoms with Gasteiger partial charge in [-0.25, -0.2) is 29.9 Å². The maximum Gasteiger partial charge on any atom is 0.227 e. The third-order valence-corrected chi connectivity index (χ3v) is 36.0. The van der Waals surface area contributed by atoms with E-state index in [1.807, 2.05) is 19.2 Å². The molecule has 0 saturated carbocycles. The van der Waals surface area contributed by atoms with Crippen molar-refractivity contribution in [3.8, 4) is 0 Å². The van der Waals surface area contributed by atoms with Crippen molar-refractivity contribution >= 4 is 140 Å². The van der Waals surface area contributed by atoms with Crippen LogP contribution in [0.4, 0.5) is 47.1 Å². The molecule has 140 heavy (non-hydrogen) atoms. The summed E-state index contributed by atoms with van der Waals surface area (Å²) in [6, 6.07) is 29.2. The summed E-state index contributed by atoms with van der Waals surface area (Å²) in [7, 11) is 1.99. The predicted octanol–water partition coefficient (Wildman–Crippen LogP) is 16.1. The van der Waals surface area contributed by atoms with Gasteiger partial charge >= 0.3 is 0 Å². The van der Waals surface area contributed by atoms with Crippen LogP contribution in [0.2, 0.25) is 0 Å². The van der Waals surface area contributed by atoms with Crippen molar-refractivity contribution in [2.45, 2.75) is 251 Å². The largest absolute Gasteiger partial charge is 0.440 e. The van der Waals surface area contributed by atoms with E-state index in [9.17, 15) is 21.6 Å². The van der Waals surface area contributed by atoms with E-state index in [2.05, 4.69) is 183 Å². The molecule has 0 bridgehead atoms. The van der Waals surface area contributed by atoms with Crippen molar-refractivity contribution in [1.29, 1.82) is 0 Å². The standard InChI is InChI=1S/C29H39N5O2S.C25H30N6O3S.C25H31N5O2S.C24H30N6O2S.2CH4/c1-29(2,3)20-5-6-25-22(17-20)23(18-33(25)4)19-7-12-34(13-8-19)28-31-24-11-16-37(35)26(24)27(32-28)30-21-9-14-36-15-10-21;1-15-3-5-18-20(13-15)34-24(27-18)16-7-10-31(11-8-16)25-28-19-9-12-35(33)22(19)23(29-25)26-17-4-6-21(32)30(2)14-17;1-29-16-20(19-4-2-3-5-22(19)29)17-6-11-30(12-7-17)25-27-21-10-15-33(31)23(21)24(28-25)26-18-8-13-32-14-9-18;1-15-2-3-18-20(14-15)27-22(26-18)16-4-9-30(10-5-16)24-28-19-8-13-33(31)21(19)23(29-24)25-17-6-11-32-12-7-17;;/h5-6,17-19,21H,7-16H2,1-4H3,(H,30,31,32);3,5,13,16-17H,4,6-12,14H2,1-2H3,(H,26,28,29);2-5,16-18H,6-15H2,1H3,(H,26,27,28);2-3,14,16-17H,4-13H2,1H3,(H,26,27)(H,25,28,29);2*1H4/t;17-,35?;;;;/m.0..../s1. The number of ether oxygens (including phenoxy) is 3. The molecule has 8 fully saturated rings. The third-order valence-electron chi connectivity index (χ3n) is 30.1. The zero-order valence-electron chi connectivity index (χ0n) is 80.8. The van der Waals surface area contributed by atoms with Crippen molar-refractivity contribution in [3.05, 3.63) is 154 Å². The van der Waals surface area contributed by atoms with Crippen LogP contribution in [0.3, 0.4) is 0 Å². The topological polar surface area (TPSA) is 345 Å². The van der Waals surface area contributed by atoms with Gasteiger partial charge in [0.25, 0.3) is 0 Å². The van der Waals surface area contributed by atoms with E-state index in [1.165, 1.54) is 49.6 Å². The lowest BCUT2D eigenvalue weighted by Crippen LogP contribution is -2.43. The number of carbonyl (C=O) groups is 1. The number of nitrogens with one attached hydrogen (secondary N) is 5. The molecule has 31 nitrogen and oxygen atoms in total. The first-order valence-corrected chi connectivity index (χ1v) is 55.5. The number of likely N-dealkylation sites (tertiary alicyclic amines) is 1. The molecule has 4 unspecified atom stereocenters. The van der Waals surface area contributed by atoms with Crippen molar-refractivity contribution in [3.63, 3.8) is 0 Å². The molecule has 20 heterocycles. The van der Waals surface area contributed by atoms with Gasteiger partial charge in [-0.15, -0.1) is 0 Å². The molecule has 12 aliphatic heterocycles. The number of aryl methyl sites for hydroxylation is 8. The van der Waals surface area contributed by atoms with Crippen molar-refractivity contribution < 1.29 is 40.3 Å². The average Bonchev–Trinajstić information content (AvgIpc) is 1.61. The average molecular weight is 1980 g/mol. The van der Waals surface area contributed by atoms with Gasteiger partial charge in [0.15, 0.2) is 11.5 Å². The zero-order valence-corrected chi connectivity index (χ0v) is 84.0. The van der Waals surface area contributed by atoms with Crippen LogP contribution in [0.15, 0.2) is 115 Å². The zero-order chi connectivity index (χ0) is 94.6. The Hall–Kier alpha value is -10.4. The number of oxazole rings is 1. The van der Waals surface area contributed by atoms with Gasteiger partial charge in [-0.1, -0.05) is 72.0 Å². The van der Waals surface area contributed by atoms with Crippen LogP contribution in [-0.4, -0.2) is 244 Å². The van der Waals surface area contributed by atoms with Crippen LogP contribution in [0, 0.1) is 13.8 Å². The molecule has 5 N–H and O–H groups in total. The van der Waals surface area contributed by atoms with Gasteiger partial charge in [-0.2, -0.15) is 19.9 Å². The van der Waals surface area contributed by atoms with Gasteiger partial charge in [0.2, 0.25) is 29.7 Å². The molecule has 8 saturated heterocycles. The highest BCUT2D eigenvalue weighted by molar-refractivity contribution is 7.86. The Balaban J connectivity index is 0.000000118. The highest BCUT2D eigenvalue weighted by Gasteiger charge is 2.39. The first-order valence-electron chi connectivity index (χ1n) is 50.2. The summed E-state index contributed by atoms with van der Waals surface area (Å²) >= 11 is 0. The van der Waals surface area contributed by atoms with Gasteiger partial charge in [0.1, 0.15) is 54.2 Å². The molecule has 5 atom stereocenters. The molecule has 12 aliphatic rings. The summed E-state index contributed by atoms with van der Waals surface area (Å²) in [5.74, 6) is 12.4. The molecule has 0 radical (unpaired) electrons. The Morgan fingerprint density at radius 2 is 0.793 bits per heavy atom. The number of aromatic amines is 1. The number of nitrogens with zero attached hydrogens (tertiary/aromatic N) is 17. The normalized spacial score (nSPS) is 21.9. The Labute approximate surface area is 831 Å². The van der Waals surface area contributed by atoms with Gasteiger partial charge in [0, 0.05) is 245 Å². The van der Waals surface area contributed by atoms with Crippen LogP contribution >= 0.6 is 0 Å². The third kappa shape index (κ3) is 21.2. The molecule has 35 heteroatoms. The number of benzene rings is 4. The summed E-state index contributed by atoms with van der Waals surface area (Å²) in [6.45, 7) is 23.3. The summed E-state index contributed by atoms with van der Waals surface area (Å²) in [4.78, 5) is 78.3. The molecule has 746 valence electrons. The monoisotopic (exact) mass is 1980 g/mol. The quantitative estimate of drug-likeness (QED) is 0.0600. The lowest BCUT2D eigenvalue weighted by Gasteiger charge is -2.33. The van der Waals surface area contributed by atoms with E-state index >= 15 is 0 Å². The molecule has 0 spiro atoms. The lowest BCUT2D eigenvalue weighted by atomic mass is 9.84. The van der Waals surface area contributed by atoms with E-state index in [-0.39, 0.29) is 38.1 Å². The molecule has 8 aromatic heterocycles. The number of anilines is 8. The second kappa shape index (κ2) is 42.6. The molecule has 24 rings (SSSR count). The number of fused-ring (bicyclic) bond motifs is 8. The number of likely N-dealkylation sites (N-methyl/N-ethyl adjacent to an activating group) is 1. The summed E-state index contributed by atoms with van der Waals surface area (Å²) < 4.78 is 77.9.